The number of carboxylic acids is 1. The van der Waals surface area contributed by atoms with Gasteiger partial charge in [0.15, 0.2) is 0 Å². The lowest BCUT2D eigenvalue weighted by atomic mass is 9.84. The zero-order valence-corrected chi connectivity index (χ0v) is 13.5. The highest BCUT2D eigenvalue weighted by Gasteiger charge is 2.36. The van der Waals surface area contributed by atoms with E-state index in [0.717, 1.165) is 18.7 Å². The average Bonchev–Trinajstić information content (AvgIpc) is 2.89. The molecule has 0 amide bonds. The number of carbonyl (C=O) groups is 1. The van der Waals surface area contributed by atoms with Crippen LogP contribution in [0.3, 0.4) is 0 Å². The van der Waals surface area contributed by atoms with Crippen molar-refractivity contribution < 1.29 is 9.90 Å². The van der Waals surface area contributed by atoms with Crippen molar-refractivity contribution in [2.24, 2.45) is 12.8 Å². The van der Waals surface area contributed by atoms with E-state index in [9.17, 15) is 4.79 Å². The van der Waals surface area contributed by atoms with Crippen molar-refractivity contribution in [2.45, 2.75) is 37.6 Å². The summed E-state index contributed by atoms with van der Waals surface area (Å²) in [5.41, 5.74) is 10.1. The van der Waals surface area contributed by atoms with Crippen molar-refractivity contribution in [3.63, 3.8) is 0 Å². The van der Waals surface area contributed by atoms with Crippen molar-refractivity contribution in [2.75, 3.05) is 18.0 Å². The number of hydrogen-bond donors (Lipinski definition) is 2. The predicted molar refractivity (Wildman–Crippen MR) is 90.9 cm³/mol. The lowest BCUT2D eigenvalue weighted by Gasteiger charge is -2.41. The van der Waals surface area contributed by atoms with Crippen LogP contribution in [0.15, 0.2) is 18.2 Å². The van der Waals surface area contributed by atoms with Gasteiger partial charge in [0.1, 0.15) is 5.82 Å². The molecule has 1 saturated heterocycles. The first kappa shape index (κ1) is 14.6. The number of piperidine rings is 1. The first-order valence-electron chi connectivity index (χ1n) is 8.41. The van der Waals surface area contributed by atoms with Crippen LogP contribution in [0.2, 0.25) is 0 Å². The summed E-state index contributed by atoms with van der Waals surface area (Å²) in [6, 6.07) is 6.08. The van der Waals surface area contributed by atoms with E-state index >= 15 is 0 Å². The third-order valence-corrected chi connectivity index (χ3v) is 5.52. The third kappa shape index (κ3) is 2.14. The van der Waals surface area contributed by atoms with Crippen LogP contribution in [0, 0.1) is 0 Å². The predicted octanol–water partition coefficient (Wildman–Crippen LogP) is 2.74. The van der Waals surface area contributed by atoms with E-state index in [1.54, 1.807) is 0 Å². The zero-order chi connectivity index (χ0) is 16.1. The topological polar surface area (TPSA) is 71.5 Å². The average molecular weight is 313 g/mol. The minimum atomic E-state index is -0.789. The second-order valence-corrected chi connectivity index (χ2v) is 6.84. The van der Waals surface area contributed by atoms with Gasteiger partial charge in [0, 0.05) is 43.5 Å². The van der Waals surface area contributed by atoms with Gasteiger partial charge >= 0.3 is 5.97 Å². The van der Waals surface area contributed by atoms with Gasteiger partial charge in [-0.3, -0.25) is 4.79 Å². The van der Waals surface area contributed by atoms with Crippen LogP contribution in [0.1, 0.15) is 48.8 Å². The molecule has 5 nitrogen and oxygen atoms in total. The van der Waals surface area contributed by atoms with Crippen LogP contribution in [0.25, 0.3) is 10.9 Å². The molecule has 1 atom stereocenters. The monoisotopic (exact) mass is 313 g/mol. The third-order valence-electron chi connectivity index (χ3n) is 5.52. The van der Waals surface area contributed by atoms with Gasteiger partial charge in [-0.2, -0.15) is 0 Å². The van der Waals surface area contributed by atoms with Gasteiger partial charge in [-0.05, 0) is 30.7 Å². The molecule has 4 heterocycles. The molecule has 0 radical (unpaired) electrons. The van der Waals surface area contributed by atoms with Crippen molar-refractivity contribution in [1.29, 1.82) is 0 Å². The molecular formula is C18H23N3O2. The van der Waals surface area contributed by atoms with Gasteiger partial charge in [-0.25, -0.2) is 0 Å². The van der Waals surface area contributed by atoms with Crippen molar-refractivity contribution >= 4 is 22.7 Å². The van der Waals surface area contributed by atoms with Gasteiger partial charge in [-0.1, -0.05) is 18.2 Å². The second-order valence-electron chi connectivity index (χ2n) is 6.84. The molecule has 1 aromatic carbocycles. The molecule has 0 spiro atoms. The standard InChI is InChI=1S/C18H23N3O2/c1-20-17-12(14(19)5-6-15(22)23)3-2-4-13(17)16-11-7-9-21(10-8-11)18(16)20/h2-4,11,14H,5-10,19H2,1H3,(H,22,23). The van der Waals surface area contributed by atoms with Gasteiger partial charge in [0.2, 0.25) is 0 Å². The Labute approximate surface area is 135 Å². The Kier molecular flexibility index (Phi) is 3.34. The maximum absolute atomic E-state index is 10.9. The van der Waals surface area contributed by atoms with Crippen LogP contribution in [-0.2, 0) is 11.8 Å². The van der Waals surface area contributed by atoms with Crippen molar-refractivity contribution in [3.05, 3.63) is 29.3 Å². The van der Waals surface area contributed by atoms with Gasteiger partial charge in [0.05, 0.1) is 5.52 Å². The van der Waals surface area contributed by atoms with E-state index in [4.69, 9.17) is 10.8 Å². The molecule has 2 aromatic rings. The van der Waals surface area contributed by atoms with Crippen molar-refractivity contribution in [1.82, 2.24) is 4.57 Å². The Morgan fingerprint density at radius 1 is 1.39 bits per heavy atom. The fourth-order valence-corrected chi connectivity index (χ4v) is 4.46. The number of aryl methyl sites for hydroxylation is 1. The van der Waals surface area contributed by atoms with E-state index < -0.39 is 5.97 Å². The number of rotatable bonds is 4. The fraction of sp³-hybridized carbons (Fsp3) is 0.500. The summed E-state index contributed by atoms with van der Waals surface area (Å²) in [7, 11) is 2.12. The summed E-state index contributed by atoms with van der Waals surface area (Å²) >= 11 is 0. The first-order chi connectivity index (χ1) is 11.1. The minimum absolute atomic E-state index is 0.108. The molecule has 3 aliphatic rings. The molecule has 122 valence electrons. The van der Waals surface area contributed by atoms with Gasteiger partial charge in [0.25, 0.3) is 0 Å². The maximum Gasteiger partial charge on any atom is 0.303 e. The van der Waals surface area contributed by atoms with E-state index in [2.05, 4.69) is 34.7 Å². The Balaban J connectivity index is 1.85. The molecule has 23 heavy (non-hydrogen) atoms. The molecule has 1 unspecified atom stereocenters. The van der Waals surface area contributed by atoms with E-state index in [1.165, 1.54) is 35.1 Å². The van der Waals surface area contributed by atoms with Crippen LogP contribution < -0.4 is 10.6 Å². The Morgan fingerprint density at radius 2 is 2.13 bits per heavy atom. The number of anilines is 1. The minimum Gasteiger partial charge on any atom is -0.481 e. The molecular weight excluding hydrogens is 290 g/mol. The highest BCUT2D eigenvalue weighted by Crippen LogP contribution is 2.48. The highest BCUT2D eigenvalue weighted by molar-refractivity contribution is 5.94. The van der Waals surface area contributed by atoms with Crippen molar-refractivity contribution in [3.8, 4) is 0 Å². The number of fused-ring (bicyclic) bond motifs is 3. The molecule has 5 heteroatoms. The Morgan fingerprint density at radius 3 is 2.83 bits per heavy atom. The lowest BCUT2D eigenvalue weighted by Crippen LogP contribution is -2.39. The summed E-state index contributed by atoms with van der Waals surface area (Å²) in [6.07, 6.45) is 3.05. The molecule has 3 N–H and O–H groups in total. The first-order valence-corrected chi connectivity index (χ1v) is 8.41. The quantitative estimate of drug-likeness (QED) is 0.910. The molecule has 5 rings (SSSR count). The van der Waals surface area contributed by atoms with Crippen LogP contribution in [-0.4, -0.2) is 28.7 Å². The number of hydrogen-bond acceptors (Lipinski definition) is 3. The summed E-state index contributed by atoms with van der Waals surface area (Å²) in [4.78, 5) is 13.3. The summed E-state index contributed by atoms with van der Waals surface area (Å²) in [6.45, 7) is 2.28. The van der Waals surface area contributed by atoms with Crippen LogP contribution in [0.5, 0.6) is 0 Å². The highest BCUT2D eigenvalue weighted by atomic mass is 16.4. The van der Waals surface area contributed by atoms with E-state index in [1.807, 2.05) is 0 Å². The Hall–Kier alpha value is -2.01. The number of nitrogens with zero attached hydrogens (tertiary/aromatic N) is 2. The van der Waals surface area contributed by atoms with E-state index in [-0.39, 0.29) is 12.5 Å². The molecule has 1 aromatic heterocycles. The maximum atomic E-state index is 10.9. The van der Waals surface area contributed by atoms with Gasteiger partial charge in [-0.15, -0.1) is 0 Å². The molecule has 0 saturated carbocycles. The zero-order valence-electron chi connectivity index (χ0n) is 13.5. The van der Waals surface area contributed by atoms with Crippen LogP contribution >= 0.6 is 0 Å². The number of aromatic nitrogens is 1. The second kappa shape index (κ2) is 5.27. The smallest absolute Gasteiger partial charge is 0.303 e. The fourth-order valence-electron chi connectivity index (χ4n) is 4.46. The largest absolute Gasteiger partial charge is 0.481 e. The number of benzene rings is 1. The normalized spacial score (nSPS) is 18.4. The molecule has 2 bridgehead atoms. The van der Waals surface area contributed by atoms with E-state index in [0.29, 0.717) is 12.3 Å². The number of nitrogens with two attached hydrogens (primary N) is 1. The Bertz CT molecular complexity index is 772. The molecule has 1 fully saturated rings. The number of carboxylic acid groups (broad SMARTS) is 1. The summed E-state index contributed by atoms with van der Waals surface area (Å²) < 4.78 is 2.28. The lowest BCUT2D eigenvalue weighted by molar-refractivity contribution is -0.137. The summed E-state index contributed by atoms with van der Waals surface area (Å²) in [5.74, 6) is 1.22. The molecule has 0 aliphatic carbocycles. The van der Waals surface area contributed by atoms with Gasteiger partial charge < -0.3 is 20.3 Å². The SMILES string of the molecule is Cn1c2c(c3cccc(C(N)CCC(=O)O)c31)C1CCN2CC1. The summed E-state index contributed by atoms with van der Waals surface area (Å²) in [5, 5.41) is 10.2. The van der Waals surface area contributed by atoms with Crippen LogP contribution in [0.4, 0.5) is 5.82 Å². The number of para-hydroxylation sites is 1. The molecule has 3 aliphatic heterocycles. The number of aliphatic carboxylic acids is 1.